The van der Waals surface area contributed by atoms with Crippen LogP contribution in [0.1, 0.15) is 40.7 Å². The van der Waals surface area contributed by atoms with Crippen molar-refractivity contribution in [2.45, 2.75) is 26.2 Å². The number of carbonyl (C=O) groups excluding carboxylic acids is 1. The van der Waals surface area contributed by atoms with Gasteiger partial charge < -0.3 is 0 Å². The van der Waals surface area contributed by atoms with E-state index >= 15 is 0 Å². The number of rotatable bonds is 4. The number of Topliss-reactive ketones (excluding diaryl/α,β-unsaturated/α-hetero) is 1. The van der Waals surface area contributed by atoms with Crippen molar-refractivity contribution in [3.05, 3.63) is 71.3 Å². The largest absolute Gasteiger partial charge is 0.294 e. The van der Waals surface area contributed by atoms with Crippen LogP contribution < -0.4 is 0 Å². The third kappa shape index (κ3) is 3.07. The van der Waals surface area contributed by atoms with E-state index in [2.05, 4.69) is 19.1 Å². The van der Waals surface area contributed by atoms with E-state index in [9.17, 15) is 4.79 Å². The van der Waals surface area contributed by atoms with E-state index in [0.29, 0.717) is 6.42 Å². The second-order valence-electron chi connectivity index (χ2n) is 4.81. The molecule has 2 aromatic rings. The molecule has 0 heterocycles. The molecule has 0 aromatic heterocycles. The van der Waals surface area contributed by atoms with Crippen molar-refractivity contribution in [2.24, 2.45) is 0 Å². The van der Waals surface area contributed by atoms with Gasteiger partial charge in [-0.1, -0.05) is 67.1 Å². The lowest BCUT2D eigenvalue weighted by Crippen LogP contribution is -2.05. The molecule has 0 saturated carbocycles. The van der Waals surface area contributed by atoms with Crippen molar-refractivity contribution in [3.63, 3.8) is 0 Å². The highest BCUT2D eigenvalue weighted by Gasteiger charge is 2.12. The van der Waals surface area contributed by atoms with Gasteiger partial charge in [0.05, 0.1) is 0 Å². The third-order valence-corrected chi connectivity index (χ3v) is 3.23. The molecular formula is C17H18O. The van der Waals surface area contributed by atoms with Crippen molar-refractivity contribution in [3.8, 4) is 0 Å². The van der Waals surface area contributed by atoms with Crippen LogP contribution in [0.3, 0.4) is 0 Å². The molecule has 0 bridgehead atoms. The van der Waals surface area contributed by atoms with Gasteiger partial charge in [-0.15, -0.1) is 0 Å². The molecule has 0 N–H and O–H groups in total. The maximum atomic E-state index is 12.1. The van der Waals surface area contributed by atoms with E-state index in [0.717, 1.165) is 5.56 Å². The lowest BCUT2D eigenvalue weighted by atomic mass is 9.93. The Morgan fingerprint density at radius 2 is 1.61 bits per heavy atom. The van der Waals surface area contributed by atoms with E-state index < -0.39 is 0 Å². The van der Waals surface area contributed by atoms with Crippen LogP contribution in [-0.2, 0) is 0 Å². The van der Waals surface area contributed by atoms with Crippen molar-refractivity contribution in [1.82, 2.24) is 0 Å². The number of carbonyl (C=O) groups is 1. The average molecular weight is 238 g/mol. The normalized spacial score (nSPS) is 12.1. The van der Waals surface area contributed by atoms with Gasteiger partial charge >= 0.3 is 0 Å². The summed E-state index contributed by atoms with van der Waals surface area (Å²) in [4.78, 5) is 12.1. The molecular weight excluding hydrogens is 220 g/mol. The minimum absolute atomic E-state index is 0.214. The summed E-state index contributed by atoms with van der Waals surface area (Å²) in [6, 6.07) is 18.0. The molecule has 2 rings (SSSR count). The molecule has 1 heteroatoms. The molecule has 0 radical (unpaired) electrons. The maximum Gasteiger partial charge on any atom is 0.163 e. The summed E-state index contributed by atoms with van der Waals surface area (Å²) >= 11 is 0. The van der Waals surface area contributed by atoms with Crippen LogP contribution in [0.4, 0.5) is 0 Å². The smallest absolute Gasteiger partial charge is 0.163 e. The van der Waals surface area contributed by atoms with E-state index in [1.807, 2.05) is 49.4 Å². The van der Waals surface area contributed by atoms with Crippen LogP contribution in [0.2, 0.25) is 0 Å². The third-order valence-electron chi connectivity index (χ3n) is 3.23. The van der Waals surface area contributed by atoms with Crippen LogP contribution >= 0.6 is 0 Å². The fourth-order valence-electron chi connectivity index (χ4n) is 2.03. The molecule has 0 aliphatic rings. The summed E-state index contributed by atoms with van der Waals surface area (Å²) in [5.74, 6) is 0.478. The first-order chi connectivity index (χ1) is 8.66. The van der Waals surface area contributed by atoms with Crippen molar-refractivity contribution in [1.29, 1.82) is 0 Å². The number of benzene rings is 2. The maximum absolute atomic E-state index is 12.1. The van der Waals surface area contributed by atoms with E-state index in [1.165, 1.54) is 11.1 Å². The summed E-state index contributed by atoms with van der Waals surface area (Å²) in [6.45, 7) is 4.13. The van der Waals surface area contributed by atoms with E-state index in [1.54, 1.807) is 0 Å². The molecule has 2 aromatic carbocycles. The number of aryl methyl sites for hydroxylation is 1. The molecule has 1 nitrogen and oxygen atoms in total. The van der Waals surface area contributed by atoms with Gasteiger partial charge in [0.25, 0.3) is 0 Å². The summed E-state index contributed by atoms with van der Waals surface area (Å²) in [7, 11) is 0. The van der Waals surface area contributed by atoms with Gasteiger partial charge in [0.1, 0.15) is 0 Å². The highest BCUT2D eigenvalue weighted by atomic mass is 16.1. The van der Waals surface area contributed by atoms with E-state index in [4.69, 9.17) is 0 Å². The first-order valence-corrected chi connectivity index (χ1v) is 6.31. The fraction of sp³-hybridized carbons (Fsp3) is 0.235. The Kier molecular flexibility index (Phi) is 3.93. The quantitative estimate of drug-likeness (QED) is 0.723. The monoisotopic (exact) mass is 238 g/mol. The topological polar surface area (TPSA) is 17.1 Å². The van der Waals surface area contributed by atoms with E-state index in [-0.39, 0.29) is 11.7 Å². The average Bonchev–Trinajstić information content (AvgIpc) is 2.40. The van der Waals surface area contributed by atoms with Crippen LogP contribution in [0.5, 0.6) is 0 Å². The first-order valence-electron chi connectivity index (χ1n) is 6.31. The summed E-state index contributed by atoms with van der Waals surface area (Å²) in [6.07, 6.45) is 0.563. The van der Waals surface area contributed by atoms with Gasteiger partial charge in [-0.25, -0.2) is 0 Å². The van der Waals surface area contributed by atoms with Crippen molar-refractivity contribution in [2.75, 3.05) is 0 Å². The van der Waals surface area contributed by atoms with Crippen molar-refractivity contribution < 1.29 is 4.79 Å². The molecule has 0 amide bonds. The molecule has 92 valence electrons. The zero-order chi connectivity index (χ0) is 13.0. The Morgan fingerprint density at radius 3 is 2.22 bits per heavy atom. The Balaban J connectivity index is 2.06. The Bertz CT molecular complexity index is 511. The van der Waals surface area contributed by atoms with Gasteiger partial charge in [0.15, 0.2) is 5.78 Å². The summed E-state index contributed by atoms with van der Waals surface area (Å²) in [5.41, 5.74) is 3.21. The summed E-state index contributed by atoms with van der Waals surface area (Å²) < 4.78 is 0. The van der Waals surface area contributed by atoms with Gasteiger partial charge in [-0.2, -0.15) is 0 Å². The van der Waals surface area contributed by atoms with Crippen LogP contribution in [0.25, 0.3) is 0 Å². The second kappa shape index (κ2) is 5.63. The Morgan fingerprint density at radius 1 is 1.00 bits per heavy atom. The first kappa shape index (κ1) is 12.6. The molecule has 0 aliphatic carbocycles. The lowest BCUT2D eigenvalue weighted by molar-refractivity contribution is 0.0975. The molecule has 0 spiro atoms. The second-order valence-corrected chi connectivity index (χ2v) is 4.81. The number of hydrogen-bond donors (Lipinski definition) is 0. The number of hydrogen-bond acceptors (Lipinski definition) is 1. The molecule has 1 unspecified atom stereocenters. The van der Waals surface area contributed by atoms with Gasteiger partial charge in [0, 0.05) is 12.0 Å². The predicted octanol–water partition coefficient (Wildman–Crippen LogP) is 4.37. The Hall–Kier alpha value is -1.89. The minimum atomic E-state index is 0.214. The van der Waals surface area contributed by atoms with Crippen LogP contribution in [0, 0.1) is 6.92 Å². The van der Waals surface area contributed by atoms with Gasteiger partial charge in [0.2, 0.25) is 0 Å². The van der Waals surface area contributed by atoms with Gasteiger partial charge in [-0.05, 0) is 18.4 Å². The summed E-state index contributed by atoms with van der Waals surface area (Å²) in [5, 5.41) is 0. The lowest BCUT2D eigenvalue weighted by Gasteiger charge is -2.11. The zero-order valence-electron chi connectivity index (χ0n) is 10.9. The fourth-order valence-corrected chi connectivity index (χ4v) is 2.03. The standard InChI is InChI=1S/C17H18O/c1-13-8-10-16(11-9-13)17(18)12-14(2)15-6-4-3-5-7-15/h3-11,14H,12H2,1-2H3. The SMILES string of the molecule is Cc1ccc(C(=O)CC(C)c2ccccc2)cc1. The van der Waals surface area contributed by atoms with Crippen LogP contribution in [-0.4, -0.2) is 5.78 Å². The highest BCUT2D eigenvalue weighted by molar-refractivity contribution is 5.96. The number of ketones is 1. The molecule has 0 fully saturated rings. The molecule has 0 saturated heterocycles. The molecule has 18 heavy (non-hydrogen) atoms. The molecule has 0 aliphatic heterocycles. The Labute approximate surface area is 108 Å². The minimum Gasteiger partial charge on any atom is -0.294 e. The predicted molar refractivity (Wildman–Crippen MR) is 75.0 cm³/mol. The zero-order valence-corrected chi connectivity index (χ0v) is 10.9. The van der Waals surface area contributed by atoms with Crippen LogP contribution in [0.15, 0.2) is 54.6 Å². The van der Waals surface area contributed by atoms with Gasteiger partial charge in [-0.3, -0.25) is 4.79 Å². The molecule has 1 atom stereocenters. The highest BCUT2D eigenvalue weighted by Crippen LogP contribution is 2.21. The van der Waals surface area contributed by atoms with Crippen molar-refractivity contribution >= 4 is 5.78 Å².